The third kappa shape index (κ3) is 5.09. The molecule has 0 saturated heterocycles. The van der Waals surface area contributed by atoms with E-state index in [-0.39, 0.29) is 28.2 Å². The number of halogens is 1. The standard InChI is InChI=1S/C29H24FN3O8S/c1-5-40-28(35)25-15(2)31-29-32(26(25)17-7-10-22(38-3)23(13-17)39-4)27(34)24(42-29)14-18-8-11-21(41-18)16-6-9-19(30)20(12-16)33(36)37/h6-14,26H,5H2,1-4H3/b24-14-/t26-/m1/s1. The van der Waals surface area contributed by atoms with Crippen molar-refractivity contribution in [2.45, 2.75) is 19.9 Å². The van der Waals surface area contributed by atoms with Crippen LogP contribution in [0.1, 0.15) is 31.2 Å². The number of carbonyl (C=O) groups excluding carboxylic acids is 1. The fraction of sp³-hybridized carbons (Fsp3) is 0.207. The molecule has 0 fully saturated rings. The molecule has 2 aromatic heterocycles. The SMILES string of the molecule is CCOC(=O)C1=C(C)N=c2s/c(=C\c3ccc(-c4ccc(F)c([N+](=O)[O-])c4)o3)c(=O)n2[C@@H]1c1ccc(OC)c(OC)c1. The van der Waals surface area contributed by atoms with Crippen LogP contribution >= 0.6 is 11.3 Å². The van der Waals surface area contributed by atoms with Crippen LogP contribution in [0.5, 0.6) is 11.5 Å². The van der Waals surface area contributed by atoms with E-state index in [9.17, 15) is 24.1 Å². The summed E-state index contributed by atoms with van der Waals surface area (Å²) in [6.45, 7) is 3.50. The molecule has 0 radical (unpaired) electrons. The molecule has 4 aromatic rings. The molecule has 3 heterocycles. The highest BCUT2D eigenvalue weighted by atomic mass is 32.1. The molecule has 0 bridgehead atoms. The number of hydrogen-bond acceptors (Lipinski definition) is 10. The van der Waals surface area contributed by atoms with Crippen molar-refractivity contribution in [3.8, 4) is 22.8 Å². The van der Waals surface area contributed by atoms with Crippen molar-refractivity contribution in [3.05, 3.63) is 107 Å². The van der Waals surface area contributed by atoms with Gasteiger partial charge in [0.1, 0.15) is 11.5 Å². The number of fused-ring (bicyclic) bond motifs is 1. The lowest BCUT2D eigenvalue weighted by Gasteiger charge is -2.25. The molecule has 11 nitrogen and oxygen atoms in total. The summed E-state index contributed by atoms with van der Waals surface area (Å²) in [5.74, 6) is -0.131. The lowest BCUT2D eigenvalue weighted by atomic mass is 9.95. The maximum absolute atomic E-state index is 13.8. The Morgan fingerprint density at radius 3 is 2.62 bits per heavy atom. The number of allylic oxidation sites excluding steroid dienone is 1. The summed E-state index contributed by atoms with van der Waals surface area (Å²) in [4.78, 5) is 42.2. The molecule has 0 spiro atoms. The van der Waals surface area contributed by atoms with Gasteiger partial charge >= 0.3 is 11.7 Å². The Morgan fingerprint density at radius 1 is 1.17 bits per heavy atom. The second kappa shape index (κ2) is 11.4. The van der Waals surface area contributed by atoms with Gasteiger partial charge in [0.15, 0.2) is 16.3 Å². The van der Waals surface area contributed by atoms with Crippen LogP contribution in [0.15, 0.2) is 74.0 Å². The Labute approximate surface area is 241 Å². The molecule has 2 aromatic carbocycles. The van der Waals surface area contributed by atoms with E-state index in [4.69, 9.17) is 18.6 Å². The third-order valence-corrected chi connectivity index (χ3v) is 7.55. The highest BCUT2D eigenvalue weighted by Crippen LogP contribution is 2.36. The smallest absolute Gasteiger partial charge is 0.338 e. The number of ether oxygens (including phenoxy) is 3. The zero-order chi connectivity index (χ0) is 30.1. The van der Waals surface area contributed by atoms with Crippen molar-refractivity contribution in [2.75, 3.05) is 20.8 Å². The normalized spacial score (nSPS) is 14.8. The van der Waals surface area contributed by atoms with Crippen LogP contribution in [-0.4, -0.2) is 36.3 Å². The lowest BCUT2D eigenvalue weighted by Crippen LogP contribution is -2.39. The number of furan rings is 1. The van der Waals surface area contributed by atoms with Gasteiger partial charge in [-0.1, -0.05) is 17.4 Å². The molecule has 216 valence electrons. The summed E-state index contributed by atoms with van der Waals surface area (Å²) in [6.07, 6.45) is 1.51. The number of esters is 1. The average molecular weight is 594 g/mol. The fourth-order valence-electron chi connectivity index (χ4n) is 4.65. The predicted octanol–water partition coefficient (Wildman–Crippen LogP) is 4.12. The van der Waals surface area contributed by atoms with Gasteiger partial charge in [0.2, 0.25) is 5.82 Å². The summed E-state index contributed by atoms with van der Waals surface area (Å²) in [6, 6.07) is 10.8. The Morgan fingerprint density at radius 2 is 1.93 bits per heavy atom. The highest BCUT2D eigenvalue weighted by Gasteiger charge is 2.34. The minimum atomic E-state index is -0.960. The van der Waals surface area contributed by atoms with Crippen molar-refractivity contribution < 1.29 is 32.7 Å². The van der Waals surface area contributed by atoms with E-state index in [0.717, 1.165) is 23.5 Å². The molecule has 13 heteroatoms. The molecule has 1 aliphatic rings. The number of nitro groups is 1. The first-order valence-electron chi connectivity index (χ1n) is 12.6. The van der Waals surface area contributed by atoms with E-state index in [1.807, 2.05) is 0 Å². The average Bonchev–Trinajstić information content (AvgIpc) is 3.56. The van der Waals surface area contributed by atoms with Crippen molar-refractivity contribution in [1.29, 1.82) is 0 Å². The molecular weight excluding hydrogens is 569 g/mol. The second-order valence-corrected chi connectivity index (χ2v) is 10.1. The molecule has 42 heavy (non-hydrogen) atoms. The van der Waals surface area contributed by atoms with E-state index in [1.54, 1.807) is 44.2 Å². The molecule has 0 aliphatic carbocycles. The Kier molecular flexibility index (Phi) is 7.77. The van der Waals surface area contributed by atoms with E-state index in [1.165, 1.54) is 30.9 Å². The molecular formula is C29H24FN3O8S. The van der Waals surface area contributed by atoms with Crippen molar-refractivity contribution in [1.82, 2.24) is 4.57 Å². The maximum atomic E-state index is 13.8. The molecule has 0 unspecified atom stereocenters. The number of benzene rings is 2. The van der Waals surface area contributed by atoms with E-state index in [2.05, 4.69) is 4.99 Å². The van der Waals surface area contributed by atoms with Crippen molar-refractivity contribution >= 4 is 29.1 Å². The van der Waals surface area contributed by atoms with Gasteiger partial charge < -0.3 is 18.6 Å². The maximum Gasteiger partial charge on any atom is 0.338 e. The Balaban J connectivity index is 1.63. The number of nitrogens with zero attached hydrogens (tertiary/aromatic N) is 3. The number of nitro benzene ring substituents is 1. The minimum absolute atomic E-state index is 0.136. The van der Waals surface area contributed by atoms with Gasteiger partial charge in [-0.15, -0.1) is 0 Å². The number of hydrogen-bond donors (Lipinski definition) is 0. The van der Waals surface area contributed by atoms with Gasteiger partial charge in [-0.2, -0.15) is 4.39 Å². The van der Waals surface area contributed by atoms with Crippen molar-refractivity contribution in [3.63, 3.8) is 0 Å². The Hall–Kier alpha value is -5.04. The summed E-state index contributed by atoms with van der Waals surface area (Å²) in [5.41, 5.74) is 0.383. The molecule has 5 rings (SSSR count). The van der Waals surface area contributed by atoms with Gasteiger partial charge in [0.05, 0.1) is 47.6 Å². The van der Waals surface area contributed by atoms with Gasteiger partial charge in [-0.25, -0.2) is 9.79 Å². The summed E-state index contributed by atoms with van der Waals surface area (Å²) in [7, 11) is 2.99. The van der Waals surface area contributed by atoms with Gasteiger partial charge in [0.25, 0.3) is 5.56 Å². The fourth-order valence-corrected chi connectivity index (χ4v) is 5.68. The predicted molar refractivity (Wildman–Crippen MR) is 151 cm³/mol. The van der Waals surface area contributed by atoms with Crippen LogP contribution in [0.4, 0.5) is 10.1 Å². The molecule has 1 atom stereocenters. The molecule has 1 aliphatic heterocycles. The Bertz CT molecular complexity index is 1940. The molecule has 0 N–H and O–H groups in total. The lowest BCUT2D eigenvalue weighted by molar-refractivity contribution is -0.387. The third-order valence-electron chi connectivity index (χ3n) is 6.57. The van der Waals surface area contributed by atoms with Crippen LogP contribution in [0.25, 0.3) is 17.4 Å². The minimum Gasteiger partial charge on any atom is -0.493 e. The van der Waals surface area contributed by atoms with Crippen LogP contribution in [-0.2, 0) is 9.53 Å². The van der Waals surface area contributed by atoms with Crippen LogP contribution in [0, 0.1) is 15.9 Å². The second-order valence-electron chi connectivity index (χ2n) is 9.04. The summed E-state index contributed by atoms with van der Waals surface area (Å²) >= 11 is 1.10. The van der Waals surface area contributed by atoms with E-state index in [0.29, 0.717) is 33.1 Å². The zero-order valence-electron chi connectivity index (χ0n) is 22.9. The summed E-state index contributed by atoms with van der Waals surface area (Å²) in [5, 5.41) is 11.1. The quantitative estimate of drug-likeness (QED) is 0.169. The first-order chi connectivity index (χ1) is 20.2. The van der Waals surface area contributed by atoms with E-state index >= 15 is 0 Å². The van der Waals surface area contributed by atoms with Crippen LogP contribution in [0.3, 0.4) is 0 Å². The first kappa shape index (κ1) is 28.5. The van der Waals surface area contributed by atoms with Gasteiger partial charge in [-0.05, 0) is 55.8 Å². The number of carbonyl (C=O) groups is 1. The van der Waals surface area contributed by atoms with E-state index < -0.39 is 34.0 Å². The van der Waals surface area contributed by atoms with Gasteiger partial charge in [-0.3, -0.25) is 19.5 Å². The summed E-state index contributed by atoms with van der Waals surface area (Å²) < 4.78 is 37.5. The number of aromatic nitrogens is 1. The first-order valence-corrected chi connectivity index (χ1v) is 13.4. The molecule has 0 amide bonds. The van der Waals surface area contributed by atoms with Crippen molar-refractivity contribution in [2.24, 2.45) is 4.99 Å². The van der Waals surface area contributed by atoms with Gasteiger partial charge in [0, 0.05) is 17.7 Å². The number of rotatable bonds is 8. The largest absolute Gasteiger partial charge is 0.493 e. The highest BCUT2D eigenvalue weighted by molar-refractivity contribution is 7.07. The topological polar surface area (TPSA) is 135 Å². The number of methoxy groups -OCH3 is 2. The number of thiazole rings is 1. The zero-order valence-corrected chi connectivity index (χ0v) is 23.7. The monoisotopic (exact) mass is 593 g/mol. The van der Waals surface area contributed by atoms with Crippen LogP contribution < -0.4 is 24.4 Å². The van der Waals surface area contributed by atoms with Crippen LogP contribution in [0.2, 0.25) is 0 Å². The molecule has 0 saturated carbocycles.